The van der Waals surface area contributed by atoms with Gasteiger partial charge < -0.3 is 5.32 Å². The van der Waals surface area contributed by atoms with Crippen molar-refractivity contribution in [1.29, 1.82) is 0 Å². The topological polar surface area (TPSA) is 32.3 Å². The standard InChI is InChI=1S/C25H28N2O.ClH/c1-3-27(4-2)19-20-15-17-23(18-16-20)26-24(21-11-7-5-8-12-21)25(28)22-13-9-6-10-14-22;/h5-18,24,26H,3-4,19H2,1-2H3;1H. The molecule has 0 heterocycles. The van der Waals surface area contributed by atoms with Crippen LogP contribution in [0.15, 0.2) is 84.9 Å². The van der Waals surface area contributed by atoms with Crippen LogP contribution in [0, 0.1) is 0 Å². The Balaban J connectivity index is 0.00000300. The first-order valence-electron chi connectivity index (χ1n) is 9.93. The zero-order valence-electron chi connectivity index (χ0n) is 17.0. The summed E-state index contributed by atoms with van der Waals surface area (Å²) >= 11 is 0. The number of hydrogen-bond donors (Lipinski definition) is 1. The van der Waals surface area contributed by atoms with Gasteiger partial charge in [-0.05, 0) is 36.3 Å². The molecule has 0 aliphatic heterocycles. The van der Waals surface area contributed by atoms with Gasteiger partial charge in [-0.3, -0.25) is 9.69 Å². The number of hydrogen-bond acceptors (Lipinski definition) is 3. The van der Waals surface area contributed by atoms with Crippen molar-refractivity contribution in [3.63, 3.8) is 0 Å². The summed E-state index contributed by atoms with van der Waals surface area (Å²) in [5.74, 6) is 0.0685. The average molecular weight is 409 g/mol. The van der Waals surface area contributed by atoms with E-state index in [0.29, 0.717) is 5.56 Å². The number of anilines is 1. The van der Waals surface area contributed by atoms with Gasteiger partial charge >= 0.3 is 0 Å². The van der Waals surface area contributed by atoms with Gasteiger partial charge in [0.15, 0.2) is 5.78 Å². The molecule has 0 saturated heterocycles. The van der Waals surface area contributed by atoms with Gasteiger partial charge in [0.1, 0.15) is 6.04 Å². The fourth-order valence-electron chi connectivity index (χ4n) is 3.29. The van der Waals surface area contributed by atoms with E-state index in [1.807, 2.05) is 60.7 Å². The Morgan fingerprint density at radius 2 is 1.38 bits per heavy atom. The maximum Gasteiger partial charge on any atom is 0.189 e. The molecular formula is C25H29ClN2O. The minimum Gasteiger partial charge on any atom is -0.371 e. The number of Topliss-reactive ketones (excluding diaryl/α,β-unsaturated/α-hetero) is 1. The number of nitrogens with zero attached hydrogens (tertiary/aromatic N) is 1. The SMILES string of the molecule is CCN(CC)Cc1ccc(NC(C(=O)c2ccccc2)c2ccccc2)cc1.Cl. The van der Waals surface area contributed by atoms with Crippen LogP contribution in [0.3, 0.4) is 0 Å². The van der Waals surface area contributed by atoms with Crippen LogP contribution in [0.4, 0.5) is 5.69 Å². The zero-order valence-corrected chi connectivity index (χ0v) is 17.9. The van der Waals surface area contributed by atoms with Crippen molar-refractivity contribution in [3.8, 4) is 0 Å². The predicted molar refractivity (Wildman–Crippen MR) is 124 cm³/mol. The Bertz CT molecular complexity index is 862. The summed E-state index contributed by atoms with van der Waals surface area (Å²) in [5, 5.41) is 3.44. The summed E-state index contributed by atoms with van der Waals surface area (Å²) in [6.07, 6.45) is 0. The molecule has 3 nitrogen and oxygen atoms in total. The number of carbonyl (C=O) groups is 1. The van der Waals surface area contributed by atoms with Crippen molar-refractivity contribution in [2.24, 2.45) is 0 Å². The molecule has 0 aromatic heterocycles. The van der Waals surface area contributed by atoms with Gasteiger partial charge in [-0.1, -0.05) is 86.6 Å². The molecule has 0 spiro atoms. The molecule has 3 rings (SSSR count). The van der Waals surface area contributed by atoms with E-state index in [0.717, 1.165) is 30.9 Å². The maximum absolute atomic E-state index is 13.2. The predicted octanol–water partition coefficient (Wildman–Crippen LogP) is 5.99. The number of rotatable bonds is 9. The minimum absolute atomic E-state index is 0. The van der Waals surface area contributed by atoms with Crippen LogP contribution in [-0.2, 0) is 6.54 Å². The van der Waals surface area contributed by atoms with E-state index in [1.54, 1.807) is 0 Å². The third-order valence-electron chi connectivity index (χ3n) is 5.02. The number of ketones is 1. The molecule has 0 saturated carbocycles. The molecule has 3 aromatic rings. The summed E-state index contributed by atoms with van der Waals surface area (Å²) in [5.41, 5.74) is 3.90. The van der Waals surface area contributed by atoms with E-state index in [1.165, 1.54) is 5.56 Å². The van der Waals surface area contributed by atoms with E-state index >= 15 is 0 Å². The first kappa shape index (κ1) is 22.7. The van der Waals surface area contributed by atoms with Gasteiger partial charge in [0.2, 0.25) is 0 Å². The fourth-order valence-corrected chi connectivity index (χ4v) is 3.29. The van der Waals surface area contributed by atoms with Crippen LogP contribution < -0.4 is 5.32 Å². The van der Waals surface area contributed by atoms with E-state index in [-0.39, 0.29) is 18.2 Å². The van der Waals surface area contributed by atoms with Gasteiger partial charge in [-0.15, -0.1) is 12.4 Å². The van der Waals surface area contributed by atoms with Crippen molar-refractivity contribution in [1.82, 2.24) is 4.90 Å². The van der Waals surface area contributed by atoms with Gasteiger partial charge in [0.25, 0.3) is 0 Å². The smallest absolute Gasteiger partial charge is 0.189 e. The van der Waals surface area contributed by atoms with E-state index < -0.39 is 6.04 Å². The second kappa shape index (κ2) is 11.4. The highest BCUT2D eigenvalue weighted by Gasteiger charge is 2.21. The maximum atomic E-state index is 13.2. The Labute approximate surface area is 180 Å². The van der Waals surface area contributed by atoms with Crippen LogP contribution in [-0.4, -0.2) is 23.8 Å². The van der Waals surface area contributed by atoms with Crippen molar-refractivity contribution in [2.75, 3.05) is 18.4 Å². The number of carbonyl (C=O) groups excluding carboxylic acids is 1. The number of nitrogens with one attached hydrogen (secondary N) is 1. The fraction of sp³-hybridized carbons (Fsp3) is 0.240. The lowest BCUT2D eigenvalue weighted by Crippen LogP contribution is -2.22. The highest BCUT2D eigenvalue weighted by Crippen LogP contribution is 2.24. The average Bonchev–Trinajstić information content (AvgIpc) is 2.77. The molecular weight excluding hydrogens is 380 g/mol. The summed E-state index contributed by atoms with van der Waals surface area (Å²) in [4.78, 5) is 15.6. The van der Waals surface area contributed by atoms with Crippen molar-refractivity contribution < 1.29 is 4.79 Å². The minimum atomic E-state index is -0.419. The van der Waals surface area contributed by atoms with Gasteiger partial charge in [-0.2, -0.15) is 0 Å². The molecule has 0 aliphatic carbocycles. The number of benzene rings is 3. The lowest BCUT2D eigenvalue weighted by atomic mass is 9.97. The highest BCUT2D eigenvalue weighted by atomic mass is 35.5. The molecule has 1 unspecified atom stereocenters. The van der Waals surface area contributed by atoms with Crippen LogP contribution in [0.25, 0.3) is 0 Å². The number of halogens is 1. The second-order valence-electron chi connectivity index (χ2n) is 6.88. The van der Waals surface area contributed by atoms with Gasteiger partial charge in [-0.25, -0.2) is 0 Å². The van der Waals surface area contributed by atoms with Crippen molar-refractivity contribution in [3.05, 3.63) is 102 Å². The summed E-state index contributed by atoms with van der Waals surface area (Å²) < 4.78 is 0. The molecule has 1 N–H and O–H groups in total. The molecule has 152 valence electrons. The van der Waals surface area contributed by atoms with Crippen LogP contribution in [0.1, 0.15) is 41.4 Å². The first-order valence-corrected chi connectivity index (χ1v) is 9.93. The van der Waals surface area contributed by atoms with E-state index in [4.69, 9.17) is 0 Å². The lowest BCUT2D eigenvalue weighted by molar-refractivity contribution is 0.0969. The molecule has 29 heavy (non-hydrogen) atoms. The lowest BCUT2D eigenvalue weighted by Gasteiger charge is -2.21. The monoisotopic (exact) mass is 408 g/mol. The van der Waals surface area contributed by atoms with E-state index in [2.05, 4.69) is 48.3 Å². The molecule has 1 atom stereocenters. The van der Waals surface area contributed by atoms with Crippen molar-refractivity contribution in [2.45, 2.75) is 26.4 Å². The molecule has 0 aliphatic rings. The molecule has 0 amide bonds. The molecule has 0 radical (unpaired) electrons. The summed E-state index contributed by atoms with van der Waals surface area (Å²) in [7, 11) is 0. The van der Waals surface area contributed by atoms with Gasteiger partial charge in [0.05, 0.1) is 0 Å². The first-order chi connectivity index (χ1) is 13.7. The molecule has 4 heteroatoms. The quantitative estimate of drug-likeness (QED) is 0.441. The largest absolute Gasteiger partial charge is 0.371 e. The second-order valence-corrected chi connectivity index (χ2v) is 6.88. The molecule has 0 bridgehead atoms. The third-order valence-corrected chi connectivity index (χ3v) is 5.02. The normalized spacial score (nSPS) is 11.6. The molecule has 3 aromatic carbocycles. The summed E-state index contributed by atoms with van der Waals surface area (Å²) in [6, 6.07) is 27.3. The Morgan fingerprint density at radius 3 is 1.93 bits per heavy atom. The van der Waals surface area contributed by atoms with E-state index in [9.17, 15) is 4.79 Å². The van der Waals surface area contributed by atoms with Crippen molar-refractivity contribution >= 4 is 23.9 Å². The van der Waals surface area contributed by atoms with Crippen LogP contribution in [0.5, 0.6) is 0 Å². The zero-order chi connectivity index (χ0) is 19.8. The Morgan fingerprint density at radius 1 is 0.828 bits per heavy atom. The molecule has 0 fully saturated rings. The highest BCUT2D eigenvalue weighted by molar-refractivity contribution is 6.02. The Hall–Kier alpha value is -2.62. The van der Waals surface area contributed by atoms with Crippen LogP contribution in [0.2, 0.25) is 0 Å². The van der Waals surface area contributed by atoms with Crippen LogP contribution >= 0.6 is 12.4 Å². The summed E-state index contributed by atoms with van der Waals surface area (Å²) in [6.45, 7) is 7.38. The Kier molecular flexibility index (Phi) is 8.91. The third kappa shape index (κ3) is 6.18. The van der Waals surface area contributed by atoms with Gasteiger partial charge in [0, 0.05) is 17.8 Å².